The molecule has 8 heteroatoms. The van der Waals surface area contributed by atoms with Gasteiger partial charge >= 0.3 is 6.18 Å². The highest BCUT2D eigenvalue weighted by Gasteiger charge is 2.38. The van der Waals surface area contributed by atoms with Crippen LogP contribution in [0, 0.1) is 11.3 Å². The molecular weight excluding hydrogens is 359 g/mol. The number of aromatic nitrogens is 2. The van der Waals surface area contributed by atoms with Crippen molar-refractivity contribution in [3.63, 3.8) is 0 Å². The van der Waals surface area contributed by atoms with Crippen molar-refractivity contribution in [2.45, 2.75) is 12.8 Å². The molecule has 0 radical (unpaired) electrons. The van der Waals surface area contributed by atoms with E-state index in [2.05, 4.69) is 10.2 Å². The highest BCUT2D eigenvalue weighted by molar-refractivity contribution is 5.70. The Morgan fingerprint density at radius 2 is 1.85 bits per heavy atom. The second-order valence-corrected chi connectivity index (χ2v) is 5.57. The lowest BCUT2D eigenvalue weighted by Crippen LogP contribution is -2.07. The SMILES string of the molecule is COc1ccc(-c2[nH]nc(C(F)(F)F)c2C#N)cc1OCc1ccccc1. The van der Waals surface area contributed by atoms with Crippen LogP contribution in [0.2, 0.25) is 0 Å². The maximum absolute atomic E-state index is 13.0. The monoisotopic (exact) mass is 373 g/mol. The quantitative estimate of drug-likeness (QED) is 0.712. The van der Waals surface area contributed by atoms with E-state index in [4.69, 9.17) is 14.7 Å². The molecule has 5 nitrogen and oxygen atoms in total. The summed E-state index contributed by atoms with van der Waals surface area (Å²) < 4.78 is 50.0. The number of ether oxygens (including phenoxy) is 2. The molecule has 1 aromatic heterocycles. The first-order chi connectivity index (χ1) is 12.9. The number of alkyl halides is 3. The normalized spacial score (nSPS) is 11.1. The summed E-state index contributed by atoms with van der Waals surface area (Å²) in [5.41, 5.74) is -0.594. The van der Waals surface area contributed by atoms with Crippen LogP contribution in [0.3, 0.4) is 0 Å². The van der Waals surface area contributed by atoms with Gasteiger partial charge in [-0.25, -0.2) is 0 Å². The molecule has 0 atom stereocenters. The van der Waals surface area contributed by atoms with E-state index in [0.29, 0.717) is 17.1 Å². The van der Waals surface area contributed by atoms with Crippen molar-refractivity contribution in [3.8, 4) is 28.8 Å². The largest absolute Gasteiger partial charge is 0.493 e. The van der Waals surface area contributed by atoms with Crippen molar-refractivity contribution in [2.24, 2.45) is 0 Å². The number of nitrogens with one attached hydrogen (secondary N) is 1. The number of nitrogens with zero attached hydrogens (tertiary/aromatic N) is 2. The van der Waals surface area contributed by atoms with Crippen molar-refractivity contribution in [2.75, 3.05) is 7.11 Å². The summed E-state index contributed by atoms with van der Waals surface area (Å²) in [4.78, 5) is 0. The third-order valence-electron chi connectivity index (χ3n) is 3.84. The molecule has 0 bridgehead atoms. The average Bonchev–Trinajstić information content (AvgIpc) is 3.11. The summed E-state index contributed by atoms with van der Waals surface area (Å²) in [7, 11) is 1.46. The lowest BCUT2D eigenvalue weighted by Gasteiger charge is -2.12. The number of methoxy groups -OCH3 is 1. The van der Waals surface area contributed by atoms with Gasteiger partial charge in [0.2, 0.25) is 0 Å². The van der Waals surface area contributed by atoms with Crippen LogP contribution in [0.25, 0.3) is 11.3 Å². The number of hydrogen-bond donors (Lipinski definition) is 1. The van der Waals surface area contributed by atoms with Gasteiger partial charge in [-0.05, 0) is 23.8 Å². The molecule has 0 aliphatic heterocycles. The average molecular weight is 373 g/mol. The van der Waals surface area contributed by atoms with Crippen molar-refractivity contribution in [1.82, 2.24) is 10.2 Å². The Hall–Kier alpha value is -3.47. The van der Waals surface area contributed by atoms with E-state index in [9.17, 15) is 13.2 Å². The summed E-state index contributed by atoms with van der Waals surface area (Å²) >= 11 is 0. The molecule has 0 saturated heterocycles. The summed E-state index contributed by atoms with van der Waals surface area (Å²) in [6, 6.07) is 15.6. The fourth-order valence-electron chi connectivity index (χ4n) is 2.55. The lowest BCUT2D eigenvalue weighted by atomic mass is 10.1. The number of nitriles is 1. The molecule has 0 saturated carbocycles. The molecule has 1 heterocycles. The van der Waals surface area contributed by atoms with Crippen LogP contribution in [0.5, 0.6) is 11.5 Å². The molecule has 0 aliphatic carbocycles. The molecule has 27 heavy (non-hydrogen) atoms. The molecule has 138 valence electrons. The first-order valence-corrected chi connectivity index (χ1v) is 7.85. The van der Waals surface area contributed by atoms with Crippen LogP contribution < -0.4 is 9.47 Å². The maximum Gasteiger partial charge on any atom is 0.436 e. The summed E-state index contributed by atoms with van der Waals surface area (Å²) in [6.07, 6.45) is -4.72. The molecule has 0 fully saturated rings. The number of benzene rings is 2. The number of H-pyrrole nitrogens is 1. The Labute approximate surface area is 153 Å². The molecule has 3 aromatic rings. The van der Waals surface area contributed by atoms with Crippen LogP contribution in [0.15, 0.2) is 48.5 Å². The van der Waals surface area contributed by atoms with Crippen LogP contribution in [0.1, 0.15) is 16.8 Å². The highest BCUT2D eigenvalue weighted by atomic mass is 19.4. The third kappa shape index (κ3) is 3.87. The predicted molar refractivity (Wildman–Crippen MR) is 91.1 cm³/mol. The Morgan fingerprint density at radius 1 is 1.11 bits per heavy atom. The van der Waals surface area contributed by atoms with Crippen molar-refractivity contribution < 1.29 is 22.6 Å². The van der Waals surface area contributed by atoms with Crippen LogP contribution in [-0.4, -0.2) is 17.3 Å². The predicted octanol–water partition coefficient (Wildman–Crippen LogP) is 4.55. The van der Waals surface area contributed by atoms with Gasteiger partial charge in [0.05, 0.1) is 12.8 Å². The molecule has 0 spiro atoms. The van der Waals surface area contributed by atoms with E-state index in [0.717, 1.165) is 5.56 Å². The fourth-order valence-corrected chi connectivity index (χ4v) is 2.55. The zero-order chi connectivity index (χ0) is 19.4. The van der Waals surface area contributed by atoms with Gasteiger partial charge in [0.15, 0.2) is 17.2 Å². The van der Waals surface area contributed by atoms with Gasteiger partial charge in [0.25, 0.3) is 0 Å². The van der Waals surface area contributed by atoms with Gasteiger partial charge < -0.3 is 9.47 Å². The lowest BCUT2D eigenvalue weighted by molar-refractivity contribution is -0.141. The summed E-state index contributed by atoms with van der Waals surface area (Å²) in [5.74, 6) is 0.759. The minimum Gasteiger partial charge on any atom is -0.493 e. The minimum atomic E-state index is -4.72. The van der Waals surface area contributed by atoms with Crippen LogP contribution >= 0.6 is 0 Å². The smallest absolute Gasteiger partial charge is 0.436 e. The first-order valence-electron chi connectivity index (χ1n) is 7.85. The number of rotatable bonds is 5. The molecule has 0 amide bonds. The number of hydrogen-bond acceptors (Lipinski definition) is 4. The number of halogens is 3. The molecule has 3 rings (SSSR count). The van der Waals surface area contributed by atoms with E-state index in [1.54, 1.807) is 12.1 Å². The van der Waals surface area contributed by atoms with E-state index < -0.39 is 17.4 Å². The standard InChI is InChI=1S/C19H14F3N3O2/c1-26-15-8-7-13(9-16(15)27-11-12-5-3-2-4-6-12)17-14(10-23)18(25-24-17)19(20,21)22/h2-9H,11H2,1H3,(H,24,25). The Kier molecular flexibility index (Phi) is 5.03. The van der Waals surface area contributed by atoms with Gasteiger partial charge in [0.1, 0.15) is 18.2 Å². The van der Waals surface area contributed by atoms with Gasteiger partial charge in [0, 0.05) is 5.56 Å². The van der Waals surface area contributed by atoms with Crippen LogP contribution in [-0.2, 0) is 12.8 Å². The minimum absolute atomic E-state index is 0.0305. The van der Waals surface area contributed by atoms with E-state index in [-0.39, 0.29) is 12.3 Å². The topological polar surface area (TPSA) is 70.9 Å². The Morgan fingerprint density at radius 3 is 2.48 bits per heavy atom. The molecular formula is C19H14F3N3O2. The van der Waals surface area contributed by atoms with E-state index in [1.165, 1.54) is 19.2 Å². The zero-order valence-corrected chi connectivity index (χ0v) is 14.2. The zero-order valence-electron chi connectivity index (χ0n) is 14.2. The highest BCUT2D eigenvalue weighted by Crippen LogP contribution is 2.37. The fraction of sp³-hybridized carbons (Fsp3) is 0.158. The van der Waals surface area contributed by atoms with E-state index in [1.807, 2.05) is 30.3 Å². The van der Waals surface area contributed by atoms with Crippen molar-refractivity contribution in [1.29, 1.82) is 5.26 Å². The van der Waals surface area contributed by atoms with Crippen molar-refractivity contribution >= 4 is 0 Å². The van der Waals surface area contributed by atoms with Gasteiger partial charge in [-0.3, -0.25) is 5.10 Å². The number of aromatic amines is 1. The molecule has 0 unspecified atom stereocenters. The van der Waals surface area contributed by atoms with Crippen LogP contribution in [0.4, 0.5) is 13.2 Å². The Bertz CT molecular complexity index is 976. The first kappa shape index (κ1) is 18.3. The Balaban J connectivity index is 1.96. The molecule has 1 N–H and O–H groups in total. The molecule has 0 aliphatic rings. The van der Waals surface area contributed by atoms with E-state index >= 15 is 0 Å². The summed E-state index contributed by atoms with van der Waals surface area (Å²) in [6.45, 7) is 0.253. The third-order valence-corrected chi connectivity index (χ3v) is 3.84. The molecule has 2 aromatic carbocycles. The summed E-state index contributed by atoms with van der Waals surface area (Å²) in [5, 5.41) is 14.7. The second kappa shape index (κ2) is 7.41. The van der Waals surface area contributed by atoms with Gasteiger partial charge in [-0.2, -0.15) is 23.5 Å². The van der Waals surface area contributed by atoms with Gasteiger partial charge in [-0.15, -0.1) is 0 Å². The van der Waals surface area contributed by atoms with Crippen molar-refractivity contribution in [3.05, 3.63) is 65.4 Å². The maximum atomic E-state index is 13.0. The second-order valence-electron chi connectivity index (χ2n) is 5.57. The van der Waals surface area contributed by atoms with Gasteiger partial charge in [-0.1, -0.05) is 30.3 Å².